The molecule has 0 saturated heterocycles. The summed E-state index contributed by atoms with van der Waals surface area (Å²) in [6.45, 7) is 2.41. The van der Waals surface area contributed by atoms with Gasteiger partial charge in [0.25, 0.3) is 0 Å². The molecular formula is C19H22N2S. The van der Waals surface area contributed by atoms with Gasteiger partial charge >= 0.3 is 0 Å². The first kappa shape index (κ1) is 14.0. The summed E-state index contributed by atoms with van der Waals surface area (Å²) in [7, 11) is 0. The maximum Gasteiger partial charge on any atom is 0.114 e. The van der Waals surface area contributed by atoms with E-state index in [9.17, 15) is 0 Å². The number of thiophene rings is 1. The lowest BCUT2D eigenvalue weighted by Gasteiger charge is -2.31. The molecule has 1 aliphatic rings. The SMILES string of the molecule is CC1CCCCC1n1c(Cc2ccsc2)nc2ccccc21. The largest absolute Gasteiger partial charge is 0.324 e. The summed E-state index contributed by atoms with van der Waals surface area (Å²) in [4.78, 5) is 4.96. The molecule has 1 fully saturated rings. The number of hydrogen-bond donors (Lipinski definition) is 0. The fraction of sp³-hybridized carbons (Fsp3) is 0.421. The van der Waals surface area contributed by atoms with E-state index in [4.69, 9.17) is 4.98 Å². The second kappa shape index (κ2) is 5.88. The minimum Gasteiger partial charge on any atom is -0.324 e. The van der Waals surface area contributed by atoms with Crippen molar-refractivity contribution in [1.29, 1.82) is 0 Å². The Labute approximate surface area is 135 Å². The standard InChI is InChI=1S/C19H22N2S/c1-14-6-2-4-8-17(14)21-18-9-5-3-7-16(18)20-19(21)12-15-10-11-22-13-15/h3,5,7,9-11,13-14,17H,2,4,6,8,12H2,1H3. The van der Waals surface area contributed by atoms with E-state index in [0.717, 1.165) is 17.9 Å². The first-order chi connectivity index (χ1) is 10.8. The van der Waals surface area contributed by atoms with E-state index in [1.807, 2.05) is 0 Å². The van der Waals surface area contributed by atoms with E-state index >= 15 is 0 Å². The van der Waals surface area contributed by atoms with Gasteiger partial charge in [0.05, 0.1) is 11.0 Å². The van der Waals surface area contributed by atoms with Crippen LogP contribution in [-0.2, 0) is 6.42 Å². The van der Waals surface area contributed by atoms with Crippen molar-refractivity contribution >= 4 is 22.4 Å². The molecule has 2 aromatic heterocycles. The monoisotopic (exact) mass is 310 g/mol. The van der Waals surface area contributed by atoms with Gasteiger partial charge in [-0.15, -0.1) is 0 Å². The Kier molecular flexibility index (Phi) is 3.75. The van der Waals surface area contributed by atoms with Gasteiger partial charge in [-0.05, 0) is 53.3 Å². The van der Waals surface area contributed by atoms with Crippen molar-refractivity contribution in [2.45, 2.75) is 45.1 Å². The summed E-state index contributed by atoms with van der Waals surface area (Å²) >= 11 is 1.77. The Morgan fingerprint density at radius 2 is 2.05 bits per heavy atom. The van der Waals surface area contributed by atoms with Gasteiger partial charge < -0.3 is 4.57 Å². The predicted molar refractivity (Wildman–Crippen MR) is 93.5 cm³/mol. The second-order valence-corrected chi connectivity index (χ2v) is 7.30. The van der Waals surface area contributed by atoms with E-state index in [2.05, 4.69) is 52.6 Å². The van der Waals surface area contributed by atoms with Crippen molar-refractivity contribution in [2.75, 3.05) is 0 Å². The summed E-state index contributed by atoms with van der Waals surface area (Å²) < 4.78 is 2.55. The van der Waals surface area contributed by atoms with Gasteiger partial charge in [-0.2, -0.15) is 11.3 Å². The Balaban J connectivity index is 1.82. The normalized spacial score (nSPS) is 22.2. The van der Waals surface area contributed by atoms with Crippen molar-refractivity contribution in [3.8, 4) is 0 Å². The molecule has 0 N–H and O–H groups in total. The number of hydrogen-bond acceptors (Lipinski definition) is 2. The van der Waals surface area contributed by atoms with Crippen molar-refractivity contribution in [3.05, 3.63) is 52.5 Å². The molecule has 4 rings (SSSR count). The van der Waals surface area contributed by atoms with Crippen LogP contribution in [0.25, 0.3) is 11.0 Å². The van der Waals surface area contributed by atoms with E-state index in [1.165, 1.54) is 42.6 Å². The summed E-state index contributed by atoms with van der Waals surface area (Å²) in [5.41, 5.74) is 3.84. The van der Waals surface area contributed by atoms with Crippen LogP contribution in [-0.4, -0.2) is 9.55 Å². The number of aromatic nitrogens is 2. The van der Waals surface area contributed by atoms with Crippen LogP contribution in [0.3, 0.4) is 0 Å². The van der Waals surface area contributed by atoms with E-state index in [0.29, 0.717) is 6.04 Å². The highest BCUT2D eigenvalue weighted by Crippen LogP contribution is 2.37. The molecule has 0 spiro atoms. The number of fused-ring (bicyclic) bond motifs is 1. The zero-order valence-corrected chi connectivity index (χ0v) is 13.9. The van der Waals surface area contributed by atoms with Crippen LogP contribution < -0.4 is 0 Å². The molecule has 1 saturated carbocycles. The third-order valence-electron chi connectivity index (χ3n) is 5.01. The van der Waals surface area contributed by atoms with Gasteiger partial charge in [-0.1, -0.05) is 31.9 Å². The summed E-state index contributed by atoms with van der Waals surface area (Å²) in [6.07, 6.45) is 6.30. The Morgan fingerprint density at radius 3 is 2.86 bits per heavy atom. The molecule has 2 heterocycles. The molecule has 114 valence electrons. The molecule has 3 heteroatoms. The molecule has 2 atom stereocenters. The number of imidazole rings is 1. The van der Waals surface area contributed by atoms with Gasteiger partial charge in [0.15, 0.2) is 0 Å². The highest BCUT2D eigenvalue weighted by molar-refractivity contribution is 7.07. The second-order valence-electron chi connectivity index (χ2n) is 6.52. The van der Waals surface area contributed by atoms with E-state index in [1.54, 1.807) is 11.3 Å². The van der Waals surface area contributed by atoms with Crippen molar-refractivity contribution in [3.63, 3.8) is 0 Å². The van der Waals surface area contributed by atoms with Crippen LogP contribution >= 0.6 is 11.3 Å². The fourth-order valence-electron chi connectivity index (χ4n) is 3.85. The van der Waals surface area contributed by atoms with Gasteiger partial charge in [0.2, 0.25) is 0 Å². The highest BCUT2D eigenvalue weighted by atomic mass is 32.1. The van der Waals surface area contributed by atoms with Crippen LogP contribution in [0.5, 0.6) is 0 Å². The maximum absolute atomic E-state index is 4.96. The van der Waals surface area contributed by atoms with Gasteiger partial charge in [-0.25, -0.2) is 4.98 Å². The minimum absolute atomic E-state index is 0.606. The average Bonchev–Trinajstić information content (AvgIpc) is 3.16. The van der Waals surface area contributed by atoms with Crippen LogP contribution in [0, 0.1) is 5.92 Å². The Hall–Kier alpha value is -1.61. The first-order valence-corrected chi connectivity index (χ1v) is 9.24. The average molecular weight is 310 g/mol. The molecule has 22 heavy (non-hydrogen) atoms. The number of benzene rings is 1. The van der Waals surface area contributed by atoms with Crippen LogP contribution in [0.4, 0.5) is 0 Å². The Bertz CT molecular complexity index is 757. The predicted octanol–water partition coefficient (Wildman–Crippen LogP) is 5.44. The van der Waals surface area contributed by atoms with Crippen molar-refractivity contribution in [1.82, 2.24) is 9.55 Å². The smallest absolute Gasteiger partial charge is 0.114 e. The van der Waals surface area contributed by atoms with Crippen LogP contribution in [0.2, 0.25) is 0 Å². The molecule has 1 aliphatic carbocycles. The lowest BCUT2D eigenvalue weighted by molar-refractivity contribution is 0.258. The third kappa shape index (κ3) is 2.48. The number of rotatable bonds is 3. The number of nitrogens with zero attached hydrogens (tertiary/aromatic N) is 2. The van der Waals surface area contributed by atoms with Crippen LogP contribution in [0.1, 0.15) is 50.0 Å². The quantitative estimate of drug-likeness (QED) is 0.630. The van der Waals surface area contributed by atoms with Crippen LogP contribution in [0.15, 0.2) is 41.1 Å². The fourth-order valence-corrected chi connectivity index (χ4v) is 4.51. The lowest BCUT2D eigenvalue weighted by atomic mass is 9.85. The van der Waals surface area contributed by atoms with Crippen molar-refractivity contribution < 1.29 is 0 Å². The molecular weight excluding hydrogens is 288 g/mol. The highest BCUT2D eigenvalue weighted by Gasteiger charge is 2.26. The van der Waals surface area contributed by atoms with Gasteiger partial charge in [0, 0.05) is 12.5 Å². The molecule has 2 unspecified atom stereocenters. The first-order valence-electron chi connectivity index (χ1n) is 8.30. The molecule has 2 nitrogen and oxygen atoms in total. The molecule has 0 radical (unpaired) electrons. The lowest BCUT2D eigenvalue weighted by Crippen LogP contribution is -2.22. The number of para-hydroxylation sites is 2. The van der Waals surface area contributed by atoms with Crippen molar-refractivity contribution in [2.24, 2.45) is 5.92 Å². The molecule has 0 aliphatic heterocycles. The van der Waals surface area contributed by atoms with Gasteiger partial charge in [0.1, 0.15) is 5.82 Å². The van der Waals surface area contributed by atoms with Gasteiger partial charge in [-0.3, -0.25) is 0 Å². The van der Waals surface area contributed by atoms with E-state index in [-0.39, 0.29) is 0 Å². The minimum atomic E-state index is 0.606. The zero-order chi connectivity index (χ0) is 14.9. The summed E-state index contributed by atoms with van der Waals surface area (Å²) in [5.74, 6) is 1.98. The summed E-state index contributed by atoms with van der Waals surface area (Å²) in [6, 6.07) is 11.5. The zero-order valence-electron chi connectivity index (χ0n) is 13.0. The summed E-state index contributed by atoms with van der Waals surface area (Å²) in [5, 5.41) is 4.40. The van der Waals surface area contributed by atoms with E-state index < -0.39 is 0 Å². The topological polar surface area (TPSA) is 17.8 Å². The molecule has 0 bridgehead atoms. The maximum atomic E-state index is 4.96. The third-order valence-corrected chi connectivity index (χ3v) is 5.74. The Morgan fingerprint density at radius 1 is 1.18 bits per heavy atom. The molecule has 3 aromatic rings. The molecule has 0 amide bonds. The molecule has 1 aromatic carbocycles.